The van der Waals surface area contributed by atoms with Crippen LogP contribution in [0.25, 0.3) is 0 Å². The minimum Gasteiger partial charge on any atom is -0.369 e. The first kappa shape index (κ1) is 15.0. The molecule has 0 bridgehead atoms. The first-order valence-corrected chi connectivity index (χ1v) is 7.54. The molecule has 0 aliphatic carbocycles. The highest BCUT2D eigenvalue weighted by atomic mass is 32.1. The number of hydrogen-bond donors (Lipinski definition) is 3. The number of nitrogens with one attached hydrogen (secondary N) is 1. The molecule has 2 amide bonds. The van der Waals surface area contributed by atoms with Crippen LogP contribution < -0.4 is 16.8 Å². The van der Waals surface area contributed by atoms with E-state index in [-0.39, 0.29) is 11.8 Å². The maximum absolute atomic E-state index is 11.0. The van der Waals surface area contributed by atoms with Crippen LogP contribution in [0.5, 0.6) is 0 Å². The van der Waals surface area contributed by atoms with Crippen LogP contribution in [0.4, 0.5) is 0 Å². The van der Waals surface area contributed by atoms with Crippen molar-refractivity contribution in [2.75, 3.05) is 19.6 Å². The van der Waals surface area contributed by atoms with Gasteiger partial charge in [0.2, 0.25) is 11.8 Å². The molecule has 6 nitrogen and oxygen atoms in total. The summed E-state index contributed by atoms with van der Waals surface area (Å²) in [6.07, 6.45) is 2.00. The number of amides is 2. The van der Waals surface area contributed by atoms with E-state index in [0.717, 1.165) is 37.4 Å². The molecule has 0 atom stereocenters. The van der Waals surface area contributed by atoms with E-state index in [2.05, 4.69) is 10.2 Å². The lowest BCUT2D eigenvalue weighted by molar-refractivity contribution is -0.119. The van der Waals surface area contributed by atoms with Crippen LogP contribution in [0.15, 0.2) is 11.4 Å². The predicted molar refractivity (Wildman–Crippen MR) is 78.3 cm³/mol. The number of likely N-dealkylation sites (tertiary alicyclic amines) is 1. The van der Waals surface area contributed by atoms with Crippen molar-refractivity contribution in [3.05, 3.63) is 21.9 Å². The third kappa shape index (κ3) is 4.29. The average Bonchev–Trinajstić information content (AvgIpc) is 2.86. The molecule has 1 saturated heterocycles. The number of piperidine rings is 1. The number of thiophene rings is 1. The summed E-state index contributed by atoms with van der Waals surface area (Å²) < 4.78 is 0. The number of primary amides is 2. The molecule has 1 aromatic heterocycles. The van der Waals surface area contributed by atoms with Gasteiger partial charge in [-0.25, -0.2) is 0 Å². The Morgan fingerprint density at radius 3 is 2.60 bits per heavy atom. The summed E-state index contributed by atoms with van der Waals surface area (Å²) in [5.41, 5.74) is 11.0. The zero-order valence-corrected chi connectivity index (χ0v) is 12.1. The molecular weight excluding hydrogens is 276 g/mol. The summed E-state index contributed by atoms with van der Waals surface area (Å²) in [6, 6.07) is 2.28. The molecule has 2 rings (SSSR count). The Morgan fingerprint density at radius 2 is 2.05 bits per heavy atom. The van der Waals surface area contributed by atoms with Gasteiger partial charge in [0, 0.05) is 35.9 Å². The lowest BCUT2D eigenvalue weighted by Crippen LogP contribution is -2.45. The lowest BCUT2D eigenvalue weighted by Gasteiger charge is -2.31. The molecule has 0 radical (unpaired) electrons. The zero-order chi connectivity index (χ0) is 14.5. The van der Waals surface area contributed by atoms with Crippen molar-refractivity contribution < 1.29 is 9.59 Å². The SMILES string of the molecule is NC(=O)CN1CCC(NCc2cc(C(N)=O)cs2)CC1. The van der Waals surface area contributed by atoms with Crippen molar-refractivity contribution in [3.63, 3.8) is 0 Å². The summed E-state index contributed by atoms with van der Waals surface area (Å²) in [5.74, 6) is -0.652. The number of carbonyl (C=O) groups excluding carboxylic acids is 2. The second-order valence-electron chi connectivity index (χ2n) is 5.06. The maximum Gasteiger partial charge on any atom is 0.249 e. The van der Waals surface area contributed by atoms with Gasteiger partial charge in [0.15, 0.2) is 0 Å². The highest BCUT2D eigenvalue weighted by Gasteiger charge is 2.19. The van der Waals surface area contributed by atoms with Crippen LogP contribution in [0.3, 0.4) is 0 Å². The van der Waals surface area contributed by atoms with Crippen molar-refractivity contribution in [2.24, 2.45) is 11.5 Å². The quantitative estimate of drug-likeness (QED) is 0.681. The van der Waals surface area contributed by atoms with Crippen molar-refractivity contribution in [1.82, 2.24) is 10.2 Å². The van der Waals surface area contributed by atoms with Crippen molar-refractivity contribution >= 4 is 23.2 Å². The second-order valence-corrected chi connectivity index (χ2v) is 6.06. The number of hydrogen-bond acceptors (Lipinski definition) is 5. The van der Waals surface area contributed by atoms with Crippen LogP contribution in [-0.4, -0.2) is 42.4 Å². The number of nitrogens with zero attached hydrogens (tertiary/aromatic N) is 1. The van der Waals surface area contributed by atoms with Crippen LogP contribution in [0.1, 0.15) is 28.1 Å². The number of carbonyl (C=O) groups is 2. The van der Waals surface area contributed by atoms with E-state index in [0.29, 0.717) is 18.2 Å². The minimum atomic E-state index is -0.382. The fourth-order valence-corrected chi connectivity index (χ4v) is 3.19. The van der Waals surface area contributed by atoms with Crippen LogP contribution in [0.2, 0.25) is 0 Å². The van der Waals surface area contributed by atoms with E-state index in [1.54, 1.807) is 16.7 Å². The van der Waals surface area contributed by atoms with Crippen LogP contribution in [0, 0.1) is 0 Å². The monoisotopic (exact) mass is 296 g/mol. The summed E-state index contributed by atoms with van der Waals surface area (Å²) in [6.45, 7) is 2.87. The first-order chi connectivity index (χ1) is 9.54. The fraction of sp³-hybridized carbons (Fsp3) is 0.538. The molecule has 5 N–H and O–H groups in total. The number of nitrogens with two attached hydrogens (primary N) is 2. The normalized spacial score (nSPS) is 17.2. The van der Waals surface area contributed by atoms with Gasteiger partial charge in [-0.3, -0.25) is 14.5 Å². The third-order valence-corrected chi connectivity index (χ3v) is 4.41. The van der Waals surface area contributed by atoms with Gasteiger partial charge in [-0.05, 0) is 18.9 Å². The van der Waals surface area contributed by atoms with E-state index in [9.17, 15) is 9.59 Å². The van der Waals surface area contributed by atoms with E-state index >= 15 is 0 Å². The summed E-state index contributed by atoms with van der Waals surface area (Å²) in [7, 11) is 0. The van der Waals surface area contributed by atoms with Gasteiger partial charge in [-0.1, -0.05) is 0 Å². The van der Waals surface area contributed by atoms with E-state index in [1.807, 2.05) is 6.07 Å². The molecule has 0 saturated carbocycles. The first-order valence-electron chi connectivity index (χ1n) is 6.66. The van der Waals surface area contributed by atoms with Gasteiger partial charge >= 0.3 is 0 Å². The van der Waals surface area contributed by atoms with Crippen LogP contribution in [-0.2, 0) is 11.3 Å². The summed E-state index contributed by atoms with van der Waals surface area (Å²) in [4.78, 5) is 25.0. The molecule has 1 aliphatic heterocycles. The highest BCUT2D eigenvalue weighted by molar-refractivity contribution is 7.10. The van der Waals surface area contributed by atoms with E-state index < -0.39 is 0 Å². The van der Waals surface area contributed by atoms with Gasteiger partial charge < -0.3 is 16.8 Å². The van der Waals surface area contributed by atoms with Gasteiger partial charge in [0.05, 0.1) is 12.1 Å². The van der Waals surface area contributed by atoms with Crippen molar-refractivity contribution in [3.8, 4) is 0 Å². The molecule has 2 heterocycles. The standard InChI is InChI=1S/C13H20N4O2S/c14-12(18)7-17-3-1-10(2-4-17)16-6-11-5-9(8-20-11)13(15)19/h5,8,10,16H,1-4,6-7H2,(H2,14,18)(H2,15,19). The predicted octanol–water partition coefficient (Wildman–Crippen LogP) is -0.114. The Hall–Kier alpha value is -1.44. The molecule has 7 heteroatoms. The summed E-state index contributed by atoms with van der Waals surface area (Å²) in [5, 5.41) is 5.27. The molecule has 1 aliphatic rings. The molecule has 20 heavy (non-hydrogen) atoms. The molecule has 0 aromatic carbocycles. The Kier molecular flexibility index (Phi) is 5.11. The highest BCUT2D eigenvalue weighted by Crippen LogP contribution is 2.16. The van der Waals surface area contributed by atoms with Gasteiger partial charge in [0.1, 0.15) is 0 Å². The third-order valence-electron chi connectivity index (χ3n) is 3.47. The minimum absolute atomic E-state index is 0.269. The second kappa shape index (κ2) is 6.83. The van der Waals surface area contributed by atoms with E-state index in [1.165, 1.54) is 0 Å². The topological polar surface area (TPSA) is 101 Å². The van der Waals surface area contributed by atoms with E-state index in [4.69, 9.17) is 11.5 Å². The lowest BCUT2D eigenvalue weighted by atomic mass is 10.1. The molecule has 1 aromatic rings. The van der Waals surface area contributed by atoms with Gasteiger partial charge in [-0.15, -0.1) is 11.3 Å². The van der Waals surface area contributed by atoms with Gasteiger partial charge in [-0.2, -0.15) is 0 Å². The molecule has 0 unspecified atom stereocenters. The van der Waals surface area contributed by atoms with Gasteiger partial charge in [0.25, 0.3) is 0 Å². The maximum atomic E-state index is 11.0. The molecular formula is C13H20N4O2S. The Labute approximate surface area is 122 Å². The van der Waals surface area contributed by atoms with Crippen molar-refractivity contribution in [2.45, 2.75) is 25.4 Å². The number of rotatable bonds is 6. The zero-order valence-electron chi connectivity index (χ0n) is 11.3. The summed E-state index contributed by atoms with van der Waals surface area (Å²) >= 11 is 1.54. The largest absolute Gasteiger partial charge is 0.369 e. The molecule has 110 valence electrons. The smallest absolute Gasteiger partial charge is 0.249 e. The molecule has 1 fully saturated rings. The Bertz CT molecular complexity index is 480. The van der Waals surface area contributed by atoms with Crippen LogP contribution >= 0.6 is 11.3 Å². The Balaban J connectivity index is 1.73. The molecule has 0 spiro atoms. The fourth-order valence-electron chi connectivity index (χ4n) is 2.36. The Morgan fingerprint density at radius 1 is 1.35 bits per heavy atom. The average molecular weight is 296 g/mol. The van der Waals surface area contributed by atoms with Crippen molar-refractivity contribution in [1.29, 1.82) is 0 Å².